The van der Waals surface area contributed by atoms with Crippen molar-refractivity contribution in [3.05, 3.63) is 58.1 Å². The van der Waals surface area contributed by atoms with Gasteiger partial charge in [-0.25, -0.2) is 4.79 Å². The molecule has 0 spiro atoms. The second kappa shape index (κ2) is 8.75. The Morgan fingerprint density at radius 3 is 2.53 bits per heavy atom. The van der Waals surface area contributed by atoms with Gasteiger partial charge in [0, 0.05) is 28.0 Å². The van der Waals surface area contributed by atoms with E-state index >= 15 is 0 Å². The van der Waals surface area contributed by atoms with Crippen LogP contribution in [0.2, 0.25) is 0 Å². The largest absolute Gasteiger partial charge is 0.486 e. The fourth-order valence-corrected chi connectivity index (χ4v) is 5.12. The first-order chi connectivity index (χ1) is 14.5. The van der Waals surface area contributed by atoms with E-state index in [9.17, 15) is 4.79 Å². The summed E-state index contributed by atoms with van der Waals surface area (Å²) in [4.78, 5) is 18.9. The zero-order chi connectivity index (χ0) is 22.6. The number of ether oxygens (including phenoxy) is 2. The summed E-state index contributed by atoms with van der Waals surface area (Å²) in [5.74, 6) is 0.680. The second-order valence-electron chi connectivity index (χ2n) is 9.94. The lowest BCUT2D eigenvalue weighted by Gasteiger charge is -2.31. The highest BCUT2D eigenvalue weighted by atomic mass is 35.5. The van der Waals surface area contributed by atoms with Crippen LogP contribution < -0.4 is 4.74 Å². The average molecular weight is 474 g/mol. The lowest BCUT2D eigenvalue weighted by atomic mass is 9.81. The second-order valence-corrected chi connectivity index (χ2v) is 10.8. The van der Waals surface area contributed by atoms with Crippen molar-refractivity contribution in [2.75, 3.05) is 6.26 Å². The zero-order valence-corrected chi connectivity index (χ0v) is 21.5. The molecule has 0 aliphatic carbocycles. The SMILES string of the molecule is CSc1cc2c(c3c1OC(C)(C)C3)C(c1cccc(C(=O)OC(C)C)c1)=NC(C)(C)C2.Cl. The number of halogens is 1. The molecule has 4 rings (SSSR count). The Morgan fingerprint density at radius 1 is 1.16 bits per heavy atom. The summed E-state index contributed by atoms with van der Waals surface area (Å²) < 4.78 is 11.8. The van der Waals surface area contributed by atoms with Gasteiger partial charge in [0.2, 0.25) is 0 Å². The van der Waals surface area contributed by atoms with Gasteiger partial charge in [-0.05, 0) is 78.0 Å². The molecule has 0 aromatic heterocycles. The normalized spacial score (nSPS) is 17.6. The van der Waals surface area contributed by atoms with Gasteiger partial charge in [0.05, 0.1) is 22.9 Å². The highest BCUT2D eigenvalue weighted by Gasteiger charge is 2.39. The van der Waals surface area contributed by atoms with Gasteiger partial charge in [-0.15, -0.1) is 24.2 Å². The molecule has 0 bridgehead atoms. The summed E-state index contributed by atoms with van der Waals surface area (Å²) in [6.45, 7) is 12.3. The number of rotatable bonds is 4. The van der Waals surface area contributed by atoms with Crippen molar-refractivity contribution in [1.29, 1.82) is 0 Å². The molecule has 0 radical (unpaired) electrons. The Hall–Kier alpha value is -1.98. The minimum absolute atomic E-state index is 0. The van der Waals surface area contributed by atoms with Gasteiger partial charge in [-0.2, -0.15) is 0 Å². The molecule has 0 saturated carbocycles. The van der Waals surface area contributed by atoms with E-state index in [4.69, 9.17) is 14.5 Å². The first-order valence-corrected chi connectivity index (χ1v) is 12.1. The maximum Gasteiger partial charge on any atom is 0.338 e. The number of nitrogens with zero attached hydrogens (tertiary/aromatic N) is 1. The van der Waals surface area contributed by atoms with Crippen molar-refractivity contribution < 1.29 is 14.3 Å². The van der Waals surface area contributed by atoms with Crippen LogP contribution in [-0.2, 0) is 17.6 Å². The molecule has 6 heteroatoms. The lowest BCUT2D eigenvalue weighted by molar-refractivity contribution is 0.0378. The third-order valence-electron chi connectivity index (χ3n) is 5.62. The molecule has 172 valence electrons. The molecule has 2 aromatic rings. The number of benzene rings is 2. The van der Waals surface area contributed by atoms with Crippen molar-refractivity contribution in [3.8, 4) is 5.75 Å². The van der Waals surface area contributed by atoms with Crippen LogP contribution in [-0.4, -0.2) is 35.2 Å². The Bertz CT molecular complexity index is 1090. The molecule has 2 aliphatic rings. The van der Waals surface area contributed by atoms with E-state index in [1.165, 1.54) is 21.6 Å². The first-order valence-electron chi connectivity index (χ1n) is 10.8. The van der Waals surface area contributed by atoms with Crippen LogP contribution in [0.15, 0.2) is 40.2 Å². The molecule has 0 fully saturated rings. The molecule has 0 amide bonds. The monoisotopic (exact) mass is 473 g/mol. The molecule has 0 N–H and O–H groups in total. The molecule has 4 nitrogen and oxygen atoms in total. The number of thioether (sulfide) groups is 1. The number of carbonyl (C=O) groups is 1. The van der Waals surface area contributed by atoms with Crippen LogP contribution in [0.4, 0.5) is 0 Å². The smallest absolute Gasteiger partial charge is 0.338 e. The summed E-state index contributed by atoms with van der Waals surface area (Å²) in [7, 11) is 0. The average Bonchev–Trinajstić information content (AvgIpc) is 3.00. The van der Waals surface area contributed by atoms with Crippen LogP contribution in [0.3, 0.4) is 0 Å². The lowest BCUT2D eigenvalue weighted by Crippen LogP contribution is -2.30. The van der Waals surface area contributed by atoms with E-state index in [0.717, 1.165) is 29.9 Å². The standard InChI is InChI=1S/C26H31NO3S.ClH/c1-15(2)29-24(28)17-10-8-9-16(11-17)22-21-18(13-25(3,4)27-22)12-20(31-7)23-19(21)14-26(5,6)30-23;/h8-12,15H,13-14H2,1-7H3;1H. The highest BCUT2D eigenvalue weighted by Crippen LogP contribution is 2.47. The fourth-order valence-electron chi connectivity index (χ4n) is 4.51. The molecule has 0 atom stereocenters. The van der Waals surface area contributed by atoms with Gasteiger partial charge in [0.15, 0.2) is 0 Å². The number of hydrogen-bond acceptors (Lipinski definition) is 5. The van der Waals surface area contributed by atoms with E-state index in [1.54, 1.807) is 17.8 Å². The van der Waals surface area contributed by atoms with E-state index < -0.39 is 0 Å². The molecule has 2 heterocycles. The Labute approximate surface area is 201 Å². The highest BCUT2D eigenvalue weighted by molar-refractivity contribution is 7.98. The predicted molar refractivity (Wildman–Crippen MR) is 134 cm³/mol. The number of esters is 1. The molecule has 0 unspecified atom stereocenters. The van der Waals surface area contributed by atoms with Crippen molar-refractivity contribution in [2.24, 2.45) is 4.99 Å². The van der Waals surface area contributed by atoms with Crippen LogP contribution in [0.25, 0.3) is 0 Å². The van der Waals surface area contributed by atoms with Gasteiger partial charge in [0.25, 0.3) is 0 Å². The van der Waals surface area contributed by atoms with Crippen molar-refractivity contribution in [1.82, 2.24) is 0 Å². The van der Waals surface area contributed by atoms with E-state index in [0.29, 0.717) is 5.56 Å². The Kier molecular flexibility index (Phi) is 6.74. The number of hydrogen-bond donors (Lipinski definition) is 0. The number of aliphatic imine (C=N–C) groups is 1. The third kappa shape index (κ3) is 4.69. The zero-order valence-electron chi connectivity index (χ0n) is 19.9. The quantitative estimate of drug-likeness (QED) is 0.387. The van der Waals surface area contributed by atoms with E-state index in [2.05, 4.69) is 40.0 Å². The van der Waals surface area contributed by atoms with Crippen LogP contribution >= 0.6 is 24.2 Å². The Morgan fingerprint density at radius 2 is 1.88 bits per heavy atom. The number of fused-ring (bicyclic) bond motifs is 3. The minimum atomic E-state index is -0.305. The molecule has 0 saturated heterocycles. The van der Waals surface area contributed by atoms with Crippen molar-refractivity contribution in [2.45, 2.75) is 76.5 Å². The van der Waals surface area contributed by atoms with Gasteiger partial charge in [-0.3, -0.25) is 4.99 Å². The predicted octanol–water partition coefficient (Wildman–Crippen LogP) is 6.28. The topological polar surface area (TPSA) is 47.9 Å². The maximum absolute atomic E-state index is 12.5. The van der Waals surface area contributed by atoms with Gasteiger partial charge in [0.1, 0.15) is 11.4 Å². The maximum atomic E-state index is 12.5. The summed E-state index contributed by atoms with van der Waals surface area (Å²) in [6, 6.07) is 9.92. The molecule has 2 aliphatic heterocycles. The third-order valence-corrected chi connectivity index (χ3v) is 6.36. The van der Waals surface area contributed by atoms with Gasteiger partial charge < -0.3 is 9.47 Å². The molecular weight excluding hydrogens is 442 g/mol. The summed E-state index contributed by atoms with van der Waals surface area (Å²) >= 11 is 1.73. The molecule has 32 heavy (non-hydrogen) atoms. The van der Waals surface area contributed by atoms with Gasteiger partial charge >= 0.3 is 5.97 Å². The van der Waals surface area contributed by atoms with Crippen LogP contribution in [0.1, 0.15) is 74.2 Å². The minimum Gasteiger partial charge on any atom is -0.486 e. The summed E-state index contributed by atoms with van der Waals surface area (Å²) in [6.07, 6.45) is 3.66. The summed E-state index contributed by atoms with van der Waals surface area (Å²) in [5.41, 5.74) is 5.66. The van der Waals surface area contributed by atoms with E-state index in [-0.39, 0.29) is 35.6 Å². The number of carbonyl (C=O) groups excluding carboxylic acids is 1. The molecular formula is C26H32ClNO3S. The van der Waals surface area contributed by atoms with E-state index in [1.807, 2.05) is 32.0 Å². The van der Waals surface area contributed by atoms with Crippen molar-refractivity contribution in [3.63, 3.8) is 0 Å². The van der Waals surface area contributed by atoms with Crippen molar-refractivity contribution >= 4 is 35.8 Å². The first kappa shape index (κ1) is 24.7. The fraction of sp³-hybridized carbons (Fsp3) is 0.462. The molecule has 2 aromatic carbocycles. The Balaban J connectivity index is 0.00000289. The summed E-state index contributed by atoms with van der Waals surface area (Å²) in [5, 5.41) is 0. The van der Waals surface area contributed by atoms with Gasteiger partial charge in [-0.1, -0.05) is 12.1 Å². The van der Waals surface area contributed by atoms with Crippen LogP contribution in [0, 0.1) is 0 Å². The van der Waals surface area contributed by atoms with Crippen LogP contribution in [0.5, 0.6) is 5.75 Å².